The lowest BCUT2D eigenvalue weighted by atomic mass is 10.1. The fourth-order valence-electron chi connectivity index (χ4n) is 2.48. The number of carbonyl (C=O) groups excluding carboxylic acids is 1. The van der Waals surface area contributed by atoms with Gasteiger partial charge in [-0.15, -0.1) is 0 Å². The molecule has 0 spiro atoms. The van der Waals surface area contributed by atoms with Crippen molar-refractivity contribution in [3.63, 3.8) is 0 Å². The summed E-state index contributed by atoms with van der Waals surface area (Å²) < 4.78 is 0. The molecule has 6 heteroatoms. The van der Waals surface area contributed by atoms with Crippen LogP contribution in [-0.4, -0.2) is 29.0 Å². The van der Waals surface area contributed by atoms with Gasteiger partial charge in [0.25, 0.3) is 5.91 Å². The number of carbonyl (C=O) groups is 1. The van der Waals surface area contributed by atoms with Gasteiger partial charge in [-0.2, -0.15) is 5.26 Å². The van der Waals surface area contributed by atoms with E-state index in [4.69, 9.17) is 0 Å². The SMILES string of the molecule is Cc1ccc2nc(NCCNC(=O)c3ccncc3)c(C#N)cc2c1. The van der Waals surface area contributed by atoms with Crippen molar-refractivity contribution in [1.82, 2.24) is 15.3 Å². The van der Waals surface area contributed by atoms with Gasteiger partial charge in [-0.05, 0) is 37.3 Å². The van der Waals surface area contributed by atoms with Crippen LogP contribution < -0.4 is 10.6 Å². The Balaban J connectivity index is 1.64. The highest BCUT2D eigenvalue weighted by Gasteiger charge is 2.07. The summed E-state index contributed by atoms with van der Waals surface area (Å²) in [6.07, 6.45) is 3.15. The normalized spacial score (nSPS) is 10.2. The van der Waals surface area contributed by atoms with Gasteiger partial charge in [0.2, 0.25) is 0 Å². The van der Waals surface area contributed by atoms with Crippen LogP contribution in [0.4, 0.5) is 5.82 Å². The van der Waals surface area contributed by atoms with Crippen LogP contribution in [0.25, 0.3) is 10.9 Å². The highest BCUT2D eigenvalue weighted by atomic mass is 16.1. The average molecular weight is 331 g/mol. The first kappa shape index (κ1) is 16.4. The van der Waals surface area contributed by atoms with Crippen molar-refractivity contribution in [3.05, 3.63) is 65.5 Å². The van der Waals surface area contributed by atoms with Gasteiger partial charge in [0.1, 0.15) is 11.9 Å². The van der Waals surface area contributed by atoms with Crippen LogP contribution in [0.1, 0.15) is 21.5 Å². The van der Waals surface area contributed by atoms with Crippen LogP contribution >= 0.6 is 0 Å². The van der Waals surface area contributed by atoms with Crippen molar-refractivity contribution in [3.8, 4) is 6.07 Å². The van der Waals surface area contributed by atoms with Gasteiger partial charge >= 0.3 is 0 Å². The van der Waals surface area contributed by atoms with E-state index in [1.807, 2.05) is 31.2 Å². The number of aromatic nitrogens is 2. The predicted molar refractivity (Wildman–Crippen MR) is 96.3 cm³/mol. The van der Waals surface area contributed by atoms with E-state index in [-0.39, 0.29) is 5.91 Å². The van der Waals surface area contributed by atoms with Gasteiger partial charge in [-0.1, -0.05) is 11.6 Å². The third-order valence-electron chi connectivity index (χ3n) is 3.74. The van der Waals surface area contributed by atoms with Crippen molar-refractivity contribution >= 4 is 22.6 Å². The fourth-order valence-corrected chi connectivity index (χ4v) is 2.48. The van der Waals surface area contributed by atoms with E-state index < -0.39 is 0 Å². The lowest BCUT2D eigenvalue weighted by Gasteiger charge is -2.10. The molecular formula is C19H17N5O. The molecule has 1 amide bonds. The van der Waals surface area contributed by atoms with Crippen LogP contribution in [0.2, 0.25) is 0 Å². The molecule has 0 fully saturated rings. The molecule has 2 N–H and O–H groups in total. The summed E-state index contributed by atoms with van der Waals surface area (Å²) in [4.78, 5) is 20.3. The minimum atomic E-state index is -0.161. The maximum atomic E-state index is 12.0. The van der Waals surface area contributed by atoms with Gasteiger partial charge < -0.3 is 10.6 Å². The van der Waals surface area contributed by atoms with Crippen molar-refractivity contribution in [2.24, 2.45) is 0 Å². The number of amides is 1. The van der Waals surface area contributed by atoms with Crippen LogP contribution in [0.15, 0.2) is 48.8 Å². The van der Waals surface area contributed by atoms with E-state index in [0.29, 0.717) is 30.0 Å². The van der Waals surface area contributed by atoms with Crippen LogP contribution in [0, 0.1) is 18.3 Å². The highest BCUT2D eigenvalue weighted by Crippen LogP contribution is 2.20. The molecule has 2 heterocycles. The van der Waals surface area contributed by atoms with Crippen LogP contribution in [-0.2, 0) is 0 Å². The summed E-state index contributed by atoms with van der Waals surface area (Å²) in [5.41, 5.74) is 3.00. The first-order chi connectivity index (χ1) is 12.2. The zero-order valence-corrected chi connectivity index (χ0v) is 13.8. The van der Waals surface area contributed by atoms with E-state index in [0.717, 1.165) is 16.5 Å². The van der Waals surface area contributed by atoms with Gasteiger partial charge in [0, 0.05) is 36.4 Å². The molecule has 124 valence electrons. The number of pyridine rings is 2. The van der Waals surface area contributed by atoms with Crippen molar-refractivity contribution < 1.29 is 4.79 Å². The number of benzene rings is 1. The quantitative estimate of drug-likeness (QED) is 0.701. The second kappa shape index (κ2) is 7.41. The third kappa shape index (κ3) is 3.90. The smallest absolute Gasteiger partial charge is 0.251 e. The second-order valence-electron chi connectivity index (χ2n) is 5.61. The number of hydrogen-bond acceptors (Lipinski definition) is 5. The maximum Gasteiger partial charge on any atom is 0.251 e. The molecule has 3 aromatic rings. The van der Waals surface area contributed by atoms with E-state index >= 15 is 0 Å². The summed E-state index contributed by atoms with van der Waals surface area (Å²) in [7, 11) is 0. The van der Waals surface area contributed by atoms with Gasteiger partial charge in [-0.25, -0.2) is 4.98 Å². The Bertz CT molecular complexity index is 947. The molecule has 0 saturated carbocycles. The summed E-state index contributed by atoms with van der Waals surface area (Å²) in [5, 5.41) is 16.2. The van der Waals surface area contributed by atoms with Gasteiger partial charge in [-0.3, -0.25) is 9.78 Å². The van der Waals surface area contributed by atoms with Crippen molar-refractivity contribution in [2.45, 2.75) is 6.92 Å². The number of aryl methyl sites for hydroxylation is 1. The molecular weight excluding hydrogens is 314 g/mol. The lowest BCUT2D eigenvalue weighted by Crippen LogP contribution is -2.29. The largest absolute Gasteiger partial charge is 0.367 e. The number of nitrogens with zero attached hydrogens (tertiary/aromatic N) is 3. The number of nitrogens with one attached hydrogen (secondary N) is 2. The minimum absolute atomic E-state index is 0.161. The summed E-state index contributed by atoms with van der Waals surface area (Å²) in [6, 6.07) is 13.2. The number of anilines is 1. The molecule has 6 nitrogen and oxygen atoms in total. The average Bonchev–Trinajstić information content (AvgIpc) is 2.65. The Morgan fingerprint density at radius 2 is 1.96 bits per heavy atom. The molecule has 0 bridgehead atoms. The first-order valence-electron chi connectivity index (χ1n) is 7.91. The standard InChI is InChI=1S/C19H17N5O/c1-13-2-3-17-15(10-13)11-16(12-20)18(24-17)22-8-9-23-19(25)14-4-6-21-7-5-14/h2-7,10-11H,8-9H2,1H3,(H,22,24)(H,23,25). The topological polar surface area (TPSA) is 90.7 Å². The van der Waals surface area contributed by atoms with E-state index in [9.17, 15) is 10.1 Å². The van der Waals surface area contributed by atoms with E-state index in [2.05, 4.69) is 26.7 Å². The molecule has 0 aliphatic heterocycles. The number of nitriles is 1. The summed E-state index contributed by atoms with van der Waals surface area (Å²) in [6.45, 7) is 2.89. The Hall–Kier alpha value is -3.46. The summed E-state index contributed by atoms with van der Waals surface area (Å²) >= 11 is 0. The van der Waals surface area contributed by atoms with Gasteiger partial charge in [0.15, 0.2) is 0 Å². The number of rotatable bonds is 5. The number of fused-ring (bicyclic) bond motifs is 1. The molecule has 1 aromatic carbocycles. The molecule has 3 rings (SSSR count). The fraction of sp³-hybridized carbons (Fsp3) is 0.158. The molecule has 25 heavy (non-hydrogen) atoms. The maximum absolute atomic E-state index is 12.0. The Morgan fingerprint density at radius 3 is 2.72 bits per heavy atom. The lowest BCUT2D eigenvalue weighted by molar-refractivity contribution is 0.0955. The van der Waals surface area contributed by atoms with Crippen molar-refractivity contribution in [2.75, 3.05) is 18.4 Å². The predicted octanol–water partition coefficient (Wildman–Crippen LogP) is 2.65. The Kier molecular flexibility index (Phi) is 4.86. The second-order valence-corrected chi connectivity index (χ2v) is 5.61. The summed E-state index contributed by atoms with van der Waals surface area (Å²) in [5.74, 6) is 0.365. The molecule has 0 aliphatic carbocycles. The minimum Gasteiger partial charge on any atom is -0.367 e. The molecule has 0 saturated heterocycles. The molecule has 0 atom stereocenters. The van der Waals surface area contributed by atoms with Crippen LogP contribution in [0.3, 0.4) is 0 Å². The Morgan fingerprint density at radius 1 is 1.16 bits per heavy atom. The molecule has 0 aliphatic rings. The monoisotopic (exact) mass is 331 g/mol. The first-order valence-corrected chi connectivity index (χ1v) is 7.91. The zero-order chi connectivity index (χ0) is 17.6. The highest BCUT2D eigenvalue weighted by molar-refractivity contribution is 5.94. The molecule has 0 unspecified atom stereocenters. The van der Waals surface area contributed by atoms with Crippen molar-refractivity contribution in [1.29, 1.82) is 5.26 Å². The zero-order valence-electron chi connectivity index (χ0n) is 13.8. The van der Waals surface area contributed by atoms with Crippen LogP contribution in [0.5, 0.6) is 0 Å². The Labute approximate surface area is 145 Å². The third-order valence-corrected chi connectivity index (χ3v) is 3.74. The molecule has 0 radical (unpaired) electrons. The number of hydrogen-bond donors (Lipinski definition) is 2. The van der Waals surface area contributed by atoms with E-state index in [1.54, 1.807) is 24.5 Å². The van der Waals surface area contributed by atoms with E-state index in [1.165, 1.54) is 0 Å². The van der Waals surface area contributed by atoms with Gasteiger partial charge in [0.05, 0.1) is 11.1 Å². The molecule has 2 aromatic heterocycles.